The molecule has 0 atom stereocenters. The molecule has 0 aromatic heterocycles. The van der Waals surface area contributed by atoms with Gasteiger partial charge in [-0.2, -0.15) is 4.31 Å². The minimum absolute atomic E-state index is 0.0723. The Morgan fingerprint density at radius 3 is 2.64 bits per heavy atom. The minimum atomic E-state index is -3.60. The molecule has 1 saturated heterocycles. The van der Waals surface area contributed by atoms with Gasteiger partial charge in [0.05, 0.1) is 24.7 Å². The van der Waals surface area contributed by atoms with E-state index in [1.54, 1.807) is 12.1 Å². The van der Waals surface area contributed by atoms with Crippen LogP contribution in [0.1, 0.15) is 5.56 Å². The molecule has 3 rings (SSSR count). The molecular weight excluding hydrogens is 446 g/mol. The number of nitrogens with zero attached hydrogens (tertiary/aromatic N) is 1. The van der Waals surface area contributed by atoms with Gasteiger partial charge in [-0.3, -0.25) is 4.79 Å². The van der Waals surface area contributed by atoms with Crippen LogP contribution in [0.3, 0.4) is 0 Å². The summed E-state index contributed by atoms with van der Waals surface area (Å²) in [5.74, 6) is -0.261. The number of sulfonamides is 1. The van der Waals surface area contributed by atoms with Crippen LogP contribution in [0.15, 0.2) is 51.8 Å². The Morgan fingerprint density at radius 2 is 1.93 bits per heavy atom. The topological polar surface area (TPSA) is 87.7 Å². The van der Waals surface area contributed by atoms with Crippen molar-refractivity contribution in [2.45, 2.75) is 11.8 Å². The highest BCUT2D eigenvalue weighted by atomic mass is 79.9. The highest BCUT2D eigenvalue weighted by molar-refractivity contribution is 9.10. The molecule has 0 bridgehead atoms. The summed E-state index contributed by atoms with van der Waals surface area (Å²) in [6.45, 7) is 3.45. The maximum Gasteiger partial charge on any atom is 0.243 e. The maximum absolute atomic E-state index is 12.7. The molecule has 28 heavy (non-hydrogen) atoms. The summed E-state index contributed by atoms with van der Waals surface area (Å²) >= 11 is 3.41. The van der Waals surface area contributed by atoms with E-state index in [4.69, 9.17) is 4.74 Å². The third kappa shape index (κ3) is 5.11. The van der Waals surface area contributed by atoms with E-state index in [1.807, 2.05) is 25.1 Å². The number of nitrogens with one attached hydrogen (secondary N) is 2. The zero-order valence-electron chi connectivity index (χ0n) is 15.4. The summed E-state index contributed by atoms with van der Waals surface area (Å²) in [7, 11) is -3.60. The maximum atomic E-state index is 12.7. The van der Waals surface area contributed by atoms with E-state index in [0.717, 1.165) is 15.7 Å². The number of carbonyl (C=O) groups is 1. The van der Waals surface area contributed by atoms with Gasteiger partial charge in [-0.1, -0.05) is 22.0 Å². The van der Waals surface area contributed by atoms with Crippen molar-refractivity contribution in [3.05, 3.63) is 52.5 Å². The first-order valence-corrected chi connectivity index (χ1v) is 11.1. The second kappa shape index (κ2) is 9.04. The largest absolute Gasteiger partial charge is 0.379 e. The van der Waals surface area contributed by atoms with Crippen molar-refractivity contribution in [1.29, 1.82) is 0 Å². The summed E-state index contributed by atoms with van der Waals surface area (Å²) in [5.41, 5.74) is 2.32. The molecule has 0 spiro atoms. The van der Waals surface area contributed by atoms with E-state index in [-0.39, 0.29) is 17.3 Å². The van der Waals surface area contributed by atoms with Crippen LogP contribution in [0, 0.1) is 6.92 Å². The number of halogens is 1. The first-order chi connectivity index (χ1) is 13.4. The molecule has 7 nitrogen and oxygen atoms in total. The molecule has 0 unspecified atom stereocenters. The van der Waals surface area contributed by atoms with Crippen LogP contribution in [0.5, 0.6) is 0 Å². The molecule has 2 aromatic carbocycles. The SMILES string of the molecule is Cc1cc(Br)ccc1NCC(=O)Nc1cccc(S(=O)(=O)N2CCOCC2)c1. The van der Waals surface area contributed by atoms with Gasteiger partial charge in [0.1, 0.15) is 0 Å². The highest BCUT2D eigenvalue weighted by Crippen LogP contribution is 2.21. The van der Waals surface area contributed by atoms with Crippen LogP contribution >= 0.6 is 15.9 Å². The number of amides is 1. The molecule has 1 fully saturated rings. The number of anilines is 2. The van der Waals surface area contributed by atoms with Gasteiger partial charge in [-0.15, -0.1) is 0 Å². The molecule has 150 valence electrons. The Morgan fingerprint density at radius 1 is 1.18 bits per heavy atom. The summed E-state index contributed by atoms with van der Waals surface area (Å²) in [6, 6.07) is 12.0. The van der Waals surface area contributed by atoms with E-state index in [0.29, 0.717) is 32.0 Å². The Bertz CT molecular complexity index is 959. The number of benzene rings is 2. The Balaban J connectivity index is 1.64. The lowest BCUT2D eigenvalue weighted by molar-refractivity contribution is -0.114. The van der Waals surface area contributed by atoms with Gasteiger partial charge >= 0.3 is 0 Å². The predicted octanol–water partition coefficient (Wildman–Crippen LogP) is 2.83. The van der Waals surface area contributed by atoms with Crippen molar-refractivity contribution in [1.82, 2.24) is 4.31 Å². The van der Waals surface area contributed by atoms with Gasteiger partial charge in [-0.05, 0) is 48.9 Å². The normalized spacial score (nSPS) is 15.2. The molecule has 0 radical (unpaired) electrons. The van der Waals surface area contributed by atoms with Gasteiger partial charge in [0.15, 0.2) is 0 Å². The second-order valence-corrected chi connectivity index (χ2v) is 9.26. The molecule has 9 heteroatoms. The number of aryl methyl sites for hydroxylation is 1. The van der Waals surface area contributed by atoms with Crippen molar-refractivity contribution in [2.75, 3.05) is 43.5 Å². The summed E-state index contributed by atoms with van der Waals surface area (Å²) in [4.78, 5) is 12.4. The Labute approximate surface area is 173 Å². The van der Waals surface area contributed by atoms with Gasteiger partial charge in [-0.25, -0.2) is 8.42 Å². The van der Waals surface area contributed by atoms with Gasteiger partial charge in [0, 0.05) is 28.9 Å². The van der Waals surface area contributed by atoms with Crippen LogP contribution in [-0.4, -0.2) is 51.5 Å². The number of carbonyl (C=O) groups excluding carboxylic acids is 1. The van der Waals surface area contributed by atoms with Crippen molar-refractivity contribution in [3.63, 3.8) is 0 Å². The summed E-state index contributed by atoms with van der Waals surface area (Å²) in [5, 5.41) is 5.82. The van der Waals surface area contributed by atoms with E-state index in [1.165, 1.54) is 16.4 Å². The smallest absolute Gasteiger partial charge is 0.243 e. The van der Waals surface area contributed by atoms with Crippen LogP contribution in [-0.2, 0) is 19.6 Å². The third-order valence-electron chi connectivity index (χ3n) is 4.35. The molecule has 1 amide bonds. The van der Waals surface area contributed by atoms with Gasteiger partial charge < -0.3 is 15.4 Å². The second-order valence-electron chi connectivity index (χ2n) is 6.41. The van der Waals surface area contributed by atoms with E-state index in [9.17, 15) is 13.2 Å². The van der Waals surface area contributed by atoms with Crippen molar-refractivity contribution in [3.8, 4) is 0 Å². The molecule has 1 aliphatic rings. The van der Waals surface area contributed by atoms with Crippen LogP contribution in [0.2, 0.25) is 0 Å². The molecule has 0 aliphatic carbocycles. The van der Waals surface area contributed by atoms with Crippen LogP contribution < -0.4 is 10.6 Å². The van der Waals surface area contributed by atoms with Gasteiger partial charge in [0.25, 0.3) is 0 Å². The minimum Gasteiger partial charge on any atom is -0.379 e. The zero-order chi connectivity index (χ0) is 20.1. The number of rotatable bonds is 6. The average molecular weight is 468 g/mol. The Hall–Kier alpha value is -1.94. The average Bonchev–Trinajstić information content (AvgIpc) is 2.68. The predicted molar refractivity (Wildman–Crippen MR) is 112 cm³/mol. The van der Waals surface area contributed by atoms with Crippen LogP contribution in [0.25, 0.3) is 0 Å². The number of hydrogen-bond donors (Lipinski definition) is 2. The lowest BCUT2D eigenvalue weighted by atomic mass is 10.2. The van der Waals surface area contributed by atoms with Gasteiger partial charge in [0.2, 0.25) is 15.9 Å². The van der Waals surface area contributed by atoms with E-state index in [2.05, 4.69) is 26.6 Å². The lowest BCUT2D eigenvalue weighted by Gasteiger charge is -2.26. The molecule has 2 N–H and O–H groups in total. The highest BCUT2D eigenvalue weighted by Gasteiger charge is 2.26. The molecule has 2 aromatic rings. The van der Waals surface area contributed by atoms with Crippen LogP contribution in [0.4, 0.5) is 11.4 Å². The van der Waals surface area contributed by atoms with E-state index < -0.39 is 10.0 Å². The zero-order valence-corrected chi connectivity index (χ0v) is 17.8. The summed E-state index contributed by atoms with van der Waals surface area (Å²) < 4.78 is 33.1. The van der Waals surface area contributed by atoms with E-state index >= 15 is 0 Å². The number of hydrogen-bond acceptors (Lipinski definition) is 5. The Kier molecular flexibility index (Phi) is 6.71. The number of morpholine rings is 1. The first kappa shape index (κ1) is 20.8. The fourth-order valence-electron chi connectivity index (χ4n) is 2.88. The first-order valence-electron chi connectivity index (χ1n) is 8.84. The number of ether oxygens (including phenoxy) is 1. The van der Waals surface area contributed by atoms with Crippen molar-refractivity contribution in [2.24, 2.45) is 0 Å². The quantitative estimate of drug-likeness (QED) is 0.681. The molecule has 0 saturated carbocycles. The molecular formula is C19H22BrN3O4S. The van der Waals surface area contributed by atoms with Crippen molar-refractivity contribution < 1.29 is 17.9 Å². The standard InChI is InChI=1S/C19H22BrN3O4S/c1-14-11-15(20)5-6-18(14)21-13-19(24)22-16-3-2-4-17(12-16)28(25,26)23-7-9-27-10-8-23/h2-6,11-12,21H,7-10,13H2,1H3,(H,22,24). The molecule has 1 aliphatic heterocycles. The van der Waals surface area contributed by atoms with Crippen molar-refractivity contribution >= 4 is 43.2 Å². The third-order valence-corrected chi connectivity index (χ3v) is 6.74. The lowest BCUT2D eigenvalue weighted by Crippen LogP contribution is -2.40. The monoisotopic (exact) mass is 467 g/mol. The fraction of sp³-hybridized carbons (Fsp3) is 0.316. The summed E-state index contributed by atoms with van der Waals surface area (Å²) in [6.07, 6.45) is 0. The molecule has 1 heterocycles. The fourth-order valence-corrected chi connectivity index (χ4v) is 4.81.